The molecule has 2 rings (SSSR count). The zero-order chi connectivity index (χ0) is 12.5. The lowest BCUT2D eigenvalue weighted by molar-refractivity contribution is -0.137. The third-order valence-corrected chi connectivity index (χ3v) is 3.32. The Bertz CT molecular complexity index is 395. The number of aromatic nitrogens is 1. The first-order valence-corrected chi connectivity index (χ1v) is 5.81. The van der Waals surface area contributed by atoms with E-state index in [1.165, 1.54) is 18.7 Å². The number of alkyl halides is 3. The van der Waals surface area contributed by atoms with Gasteiger partial charge in [-0.25, -0.2) is 4.98 Å². The van der Waals surface area contributed by atoms with Gasteiger partial charge in [0, 0.05) is 6.20 Å². The second kappa shape index (κ2) is 4.55. The molecule has 2 nitrogen and oxygen atoms in total. The van der Waals surface area contributed by atoms with Gasteiger partial charge in [0.1, 0.15) is 5.82 Å². The largest absolute Gasteiger partial charge is 0.419 e. The Kier molecular flexibility index (Phi) is 3.26. The third-order valence-electron chi connectivity index (χ3n) is 3.32. The first-order chi connectivity index (χ1) is 7.98. The van der Waals surface area contributed by atoms with Crippen molar-refractivity contribution in [1.29, 1.82) is 0 Å². The lowest BCUT2D eigenvalue weighted by Gasteiger charge is -2.22. The molecule has 0 aromatic carbocycles. The van der Waals surface area contributed by atoms with Crippen LogP contribution in [0, 0.1) is 0 Å². The molecule has 0 unspecified atom stereocenters. The van der Waals surface area contributed by atoms with Gasteiger partial charge in [-0.1, -0.05) is 19.3 Å². The van der Waals surface area contributed by atoms with E-state index in [2.05, 4.69) is 4.98 Å². The Morgan fingerprint density at radius 3 is 2.41 bits per heavy atom. The highest BCUT2D eigenvalue weighted by atomic mass is 19.4. The van der Waals surface area contributed by atoms with Crippen molar-refractivity contribution < 1.29 is 13.2 Å². The minimum atomic E-state index is -4.41. The van der Waals surface area contributed by atoms with Gasteiger partial charge in [-0.05, 0) is 30.4 Å². The Morgan fingerprint density at radius 1 is 1.18 bits per heavy atom. The number of pyridine rings is 1. The number of rotatable bonds is 1. The second-order valence-electron chi connectivity index (χ2n) is 4.53. The number of halogens is 3. The summed E-state index contributed by atoms with van der Waals surface area (Å²) in [4.78, 5) is 3.68. The Balaban J connectivity index is 2.30. The molecule has 1 saturated carbocycles. The van der Waals surface area contributed by atoms with E-state index in [0.29, 0.717) is 5.56 Å². The van der Waals surface area contributed by atoms with E-state index in [1.807, 2.05) is 0 Å². The molecule has 0 radical (unpaired) electrons. The van der Waals surface area contributed by atoms with Crippen LogP contribution in [0.1, 0.15) is 49.1 Å². The summed E-state index contributed by atoms with van der Waals surface area (Å²) in [6, 6.07) is 1.16. The Hall–Kier alpha value is -1.26. The highest BCUT2D eigenvalue weighted by Gasteiger charge is 2.34. The van der Waals surface area contributed by atoms with Crippen molar-refractivity contribution in [3.8, 4) is 0 Å². The summed E-state index contributed by atoms with van der Waals surface area (Å²) in [7, 11) is 0. The number of nitrogens with two attached hydrogens (primary N) is 1. The lowest BCUT2D eigenvalue weighted by Crippen LogP contribution is -2.13. The Morgan fingerprint density at radius 2 is 1.82 bits per heavy atom. The van der Waals surface area contributed by atoms with Crippen LogP contribution < -0.4 is 5.73 Å². The molecular formula is C12H15F3N2. The summed E-state index contributed by atoms with van der Waals surface area (Å²) in [5.41, 5.74) is 5.14. The molecule has 17 heavy (non-hydrogen) atoms. The minimum absolute atomic E-state index is 0.206. The molecule has 1 aromatic rings. The number of hydrogen-bond acceptors (Lipinski definition) is 2. The molecule has 1 heterocycles. The van der Waals surface area contributed by atoms with E-state index in [4.69, 9.17) is 5.73 Å². The van der Waals surface area contributed by atoms with Crippen molar-refractivity contribution in [3.05, 3.63) is 23.4 Å². The van der Waals surface area contributed by atoms with Crippen molar-refractivity contribution in [3.63, 3.8) is 0 Å². The Labute approximate surface area is 98.0 Å². The quantitative estimate of drug-likeness (QED) is 0.817. The zero-order valence-electron chi connectivity index (χ0n) is 9.43. The van der Waals surface area contributed by atoms with Gasteiger partial charge in [0.2, 0.25) is 0 Å². The summed E-state index contributed by atoms with van der Waals surface area (Å²) in [6.45, 7) is 0. The molecule has 94 valence electrons. The maximum Gasteiger partial charge on any atom is 0.419 e. The first kappa shape index (κ1) is 12.2. The fraction of sp³-hybridized carbons (Fsp3) is 0.583. The molecular weight excluding hydrogens is 229 g/mol. The van der Waals surface area contributed by atoms with Crippen molar-refractivity contribution >= 4 is 5.82 Å². The lowest BCUT2D eigenvalue weighted by atomic mass is 9.84. The minimum Gasteiger partial charge on any atom is -0.383 e. The first-order valence-electron chi connectivity index (χ1n) is 5.81. The smallest absolute Gasteiger partial charge is 0.383 e. The average Bonchev–Trinajstić information content (AvgIpc) is 2.29. The SMILES string of the molecule is Nc1ncc(C2CCCCC2)cc1C(F)(F)F. The molecule has 0 spiro atoms. The van der Waals surface area contributed by atoms with Crippen LogP contribution in [0.15, 0.2) is 12.3 Å². The van der Waals surface area contributed by atoms with Crippen LogP contribution >= 0.6 is 0 Å². The van der Waals surface area contributed by atoms with Crippen LogP contribution in [0.5, 0.6) is 0 Å². The van der Waals surface area contributed by atoms with Crippen molar-refractivity contribution in [2.24, 2.45) is 0 Å². The molecule has 0 saturated heterocycles. The standard InChI is InChI=1S/C12H15F3N2/c13-12(14,15)10-6-9(7-17-11(10)16)8-4-2-1-3-5-8/h6-8H,1-5H2,(H2,16,17). The van der Waals surface area contributed by atoms with E-state index in [1.54, 1.807) is 0 Å². The van der Waals surface area contributed by atoms with Crippen LogP contribution in [-0.4, -0.2) is 4.98 Å². The molecule has 2 N–H and O–H groups in total. The molecule has 0 atom stereocenters. The summed E-state index contributed by atoms with van der Waals surface area (Å²) in [6.07, 6.45) is 2.30. The van der Waals surface area contributed by atoms with Gasteiger partial charge in [-0.15, -0.1) is 0 Å². The molecule has 1 fully saturated rings. The number of anilines is 1. The van der Waals surface area contributed by atoms with E-state index in [-0.39, 0.29) is 5.92 Å². The average molecular weight is 244 g/mol. The van der Waals surface area contributed by atoms with Crippen molar-refractivity contribution in [1.82, 2.24) is 4.98 Å². The van der Waals surface area contributed by atoms with Gasteiger partial charge in [0.15, 0.2) is 0 Å². The number of nitrogen functional groups attached to an aromatic ring is 1. The molecule has 0 aliphatic heterocycles. The van der Waals surface area contributed by atoms with Crippen LogP contribution in [0.3, 0.4) is 0 Å². The van der Waals surface area contributed by atoms with Crippen LogP contribution in [0.2, 0.25) is 0 Å². The predicted molar refractivity (Wildman–Crippen MR) is 59.5 cm³/mol. The van der Waals surface area contributed by atoms with Gasteiger partial charge in [-0.2, -0.15) is 13.2 Å². The summed E-state index contributed by atoms with van der Waals surface area (Å²) in [5.74, 6) is -0.227. The number of hydrogen-bond donors (Lipinski definition) is 1. The van der Waals surface area contributed by atoms with Gasteiger partial charge >= 0.3 is 6.18 Å². The third kappa shape index (κ3) is 2.70. The van der Waals surface area contributed by atoms with E-state index in [9.17, 15) is 13.2 Å². The topological polar surface area (TPSA) is 38.9 Å². The fourth-order valence-electron chi connectivity index (χ4n) is 2.38. The highest BCUT2D eigenvalue weighted by Crippen LogP contribution is 2.37. The number of nitrogens with zero attached hydrogens (tertiary/aromatic N) is 1. The zero-order valence-corrected chi connectivity index (χ0v) is 9.43. The van der Waals surface area contributed by atoms with Gasteiger partial charge in [0.25, 0.3) is 0 Å². The maximum atomic E-state index is 12.7. The van der Waals surface area contributed by atoms with E-state index < -0.39 is 17.6 Å². The predicted octanol–water partition coefficient (Wildman–Crippen LogP) is 3.73. The van der Waals surface area contributed by atoms with Crippen molar-refractivity contribution in [2.45, 2.75) is 44.2 Å². The second-order valence-corrected chi connectivity index (χ2v) is 4.53. The molecule has 0 amide bonds. The van der Waals surface area contributed by atoms with Gasteiger partial charge in [-0.3, -0.25) is 0 Å². The van der Waals surface area contributed by atoms with Crippen LogP contribution in [0.4, 0.5) is 19.0 Å². The summed E-state index contributed by atoms with van der Waals surface area (Å²) in [5, 5.41) is 0. The summed E-state index contributed by atoms with van der Waals surface area (Å²) < 4.78 is 38.0. The molecule has 0 bridgehead atoms. The molecule has 1 aliphatic rings. The summed E-state index contributed by atoms with van der Waals surface area (Å²) >= 11 is 0. The van der Waals surface area contributed by atoms with E-state index >= 15 is 0 Å². The monoisotopic (exact) mass is 244 g/mol. The molecule has 1 aromatic heterocycles. The normalized spacial score (nSPS) is 18.3. The van der Waals surface area contributed by atoms with E-state index in [0.717, 1.165) is 25.7 Å². The maximum absolute atomic E-state index is 12.7. The highest BCUT2D eigenvalue weighted by molar-refractivity contribution is 5.43. The fourth-order valence-corrected chi connectivity index (χ4v) is 2.38. The van der Waals surface area contributed by atoms with Gasteiger partial charge in [0.05, 0.1) is 5.56 Å². The molecule has 5 heteroatoms. The van der Waals surface area contributed by atoms with Gasteiger partial charge < -0.3 is 5.73 Å². The van der Waals surface area contributed by atoms with Crippen molar-refractivity contribution in [2.75, 3.05) is 5.73 Å². The van der Waals surface area contributed by atoms with Crippen LogP contribution in [-0.2, 0) is 6.18 Å². The molecule has 1 aliphatic carbocycles. The van der Waals surface area contributed by atoms with Crippen LogP contribution in [0.25, 0.3) is 0 Å².